The highest BCUT2D eigenvalue weighted by atomic mass is 16.6. The van der Waals surface area contributed by atoms with Crippen LogP contribution in [0.15, 0.2) is 0 Å². The number of ether oxygens (including phenoxy) is 1. The molecule has 0 bridgehead atoms. The van der Waals surface area contributed by atoms with Gasteiger partial charge in [-0.2, -0.15) is 0 Å². The van der Waals surface area contributed by atoms with Gasteiger partial charge >= 0.3 is 0 Å². The molecule has 2 heterocycles. The average molecular weight is 169 g/mol. The minimum Gasteiger partial charge on any atom is -0.372 e. The predicted octanol–water partition coefficient (Wildman–Crippen LogP) is 1.65. The van der Waals surface area contributed by atoms with Gasteiger partial charge < -0.3 is 4.74 Å². The first-order valence-electron chi connectivity index (χ1n) is 5.18. The third-order valence-electron chi connectivity index (χ3n) is 3.24. The van der Waals surface area contributed by atoms with Crippen molar-refractivity contribution in [3.63, 3.8) is 0 Å². The molecule has 0 spiro atoms. The quantitative estimate of drug-likeness (QED) is 0.597. The minimum atomic E-state index is 0.569. The molecule has 2 unspecified atom stereocenters. The summed E-state index contributed by atoms with van der Waals surface area (Å²) in [4.78, 5) is 2.64. The fourth-order valence-electron chi connectivity index (χ4n) is 2.30. The fraction of sp³-hybridized carbons (Fsp3) is 1.00. The van der Waals surface area contributed by atoms with Crippen LogP contribution < -0.4 is 0 Å². The van der Waals surface area contributed by atoms with Gasteiger partial charge in [-0.3, -0.25) is 4.90 Å². The molecular formula is C10H19NO. The Morgan fingerprint density at radius 3 is 2.75 bits per heavy atom. The lowest BCUT2D eigenvalue weighted by atomic mass is 10.1. The summed E-state index contributed by atoms with van der Waals surface area (Å²) in [6.45, 7) is 6.82. The molecule has 0 aromatic heterocycles. The zero-order chi connectivity index (χ0) is 8.55. The van der Waals surface area contributed by atoms with Crippen LogP contribution in [0.5, 0.6) is 0 Å². The molecule has 2 aliphatic heterocycles. The Balaban J connectivity index is 1.88. The largest absolute Gasteiger partial charge is 0.372 e. The van der Waals surface area contributed by atoms with Gasteiger partial charge in [-0.25, -0.2) is 0 Å². The van der Waals surface area contributed by atoms with E-state index in [9.17, 15) is 0 Å². The molecule has 0 N–H and O–H groups in total. The second kappa shape index (κ2) is 3.35. The molecule has 2 nitrogen and oxygen atoms in total. The third kappa shape index (κ3) is 1.64. The summed E-state index contributed by atoms with van der Waals surface area (Å²) >= 11 is 0. The van der Waals surface area contributed by atoms with E-state index in [2.05, 4.69) is 18.7 Å². The Hall–Kier alpha value is -0.0800. The molecule has 2 saturated heterocycles. The van der Waals surface area contributed by atoms with E-state index >= 15 is 0 Å². The maximum absolute atomic E-state index is 5.27. The number of rotatable bonds is 3. The molecule has 2 rings (SSSR count). The SMILES string of the molecule is CCC1CCC(C)N1C[C@@H]1CO1. The van der Waals surface area contributed by atoms with Crippen molar-refractivity contribution in [3.8, 4) is 0 Å². The number of epoxide rings is 1. The molecule has 0 aromatic carbocycles. The Kier molecular flexibility index (Phi) is 2.37. The van der Waals surface area contributed by atoms with E-state index in [1.807, 2.05) is 0 Å². The molecular weight excluding hydrogens is 150 g/mol. The van der Waals surface area contributed by atoms with Crippen molar-refractivity contribution in [2.45, 2.75) is 51.3 Å². The molecule has 0 saturated carbocycles. The zero-order valence-corrected chi connectivity index (χ0v) is 8.12. The standard InChI is InChI=1S/C10H19NO/c1-3-9-5-4-8(2)11(9)6-10-7-12-10/h8-10H,3-7H2,1-2H3/t8?,9?,10-/m1/s1. The van der Waals surface area contributed by atoms with Gasteiger partial charge in [0, 0.05) is 18.6 Å². The van der Waals surface area contributed by atoms with E-state index in [1.54, 1.807) is 0 Å². The van der Waals surface area contributed by atoms with E-state index in [-0.39, 0.29) is 0 Å². The maximum atomic E-state index is 5.27. The molecule has 3 atom stereocenters. The van der Waals surface area contributed by atoms with Crippen molar-refractivity contribution in [2.24, 2.45) is 0 Å². The van der Waals surface area contributed by atoms with Gasteiger partial charge in [0.15, 0.2) is 0 Å². The Labute approximate surface area is 74.9 Å². The second-order valence-corrected chi connectivity index (χ2v) is 4.14. The second-order valence-electron chi connectivity index (χ2n) is 4.14. The van der Waals surface area contributed by atoms with Crippen molar-refractivity contribution in [3.05, 3.63) is 0 Å². The Morgan fingerprint density at radius 2 is 2.17 bits per heavy atom. The number of likely N-dealkylation sites (tertiary alicyclic amines) is 1. The normalized spacial score (nSPS) is 42.0. The van der Waals surface area contributed by atoms with Crippen molar-refractivity contribution < 1.29 is 4.74 Å². The molecule has 0 aromatic rings. The number of hydrogen-bond acceptors (Lipinski definition) is 2. The van der Waals surface area contributed by atoms with Gasteiger partial charge in [-0.1, -0.05) is 6.92 Å². The number of nitrogens with zero attached hydrogens (tertiary/aromatic N) is 1. The third-order valence-corrected chi connectivity index (χ3v) is 3.24. The van der Waals surface area contributed by atoms with Crippen molar-refractivity contribution in [2.75, 3.05) is 13.2 Å². The summed E-state index contributed by atoms with van der Waals surface area (Å²) in [5, 5.41) is 0. The molecule has 0 aliphatic carbocycles. The molecule has 0 radical (unpaired) electrons. The van der Waals surface area contributed by atoms with Crippen LogP contribution in [-0.4, -0.2) is 36.2 Å². The van der Waals surface area contributed by atoms with Crippen molar-refractivity contribution in [1.29, 1.82) is 0 Å². The predicted molar refractivity (Wildman–Crippen MR) is 49.2 cm³/mol. The van der Waals surface area contributed by atoms with Gasteiger partial charge in [-0.15, -0.1) is 0 Å². The summed E-state index contributed by atoms with van der Waals surface area (Å²) in [7, 11) is 0. The highest BCUT2D eigenvalue weighted by Crippen LogP contribution is 2.27. The van der Waals surface area contributed by atoms with Crippen molar-refractivity contribution in [1.82, 2.24) is 4.90 Å². The van der Waals surface area contributed by atoms with Crippen LogP contribution in [0.1, 0.15) is 33.1 Å². The first-order chi connectivity index (χ1) is 5.81. The first kappa shape index (κ1) is 8.52. The van der Waals surface area contributed by atoms with Gasteiger partial charge in [0.25, 0.3) is 0 Å². The van der Waals surface area contributed by atoms with Crippen molar-refractivity contribution >= 4 is 0 Å². The monoisotopic (exact) mass is 169 g/mol. The van der Waals surface area contributed by atoms with Crippen LogP contribution >= 0.6 is 0 Å². The van der Waals surface area contributed by atoms with E-state index in [1.165, 1.54) is 25.8 Å². The van der Waals surface area contributed by atoms with Crippen LogP contribution in [0.2, 0.25) is 0 Å². The Bertz CT molecular complexity index is 156. The van der Waals surface area contributed by atoms with E-state index in [4.69, 9.17) is 4.74 Å². The van der Waals surface area contributed by atoms with Crippen LogP contribution in [0.4, 0.5) is 0 Å². The maximum Gasteiger partial charge on any atom is 0.0936 e. The number of hydrogen-bond donors (Lipinski definition) is 0. The summed E-state index contributed by atoms with van der Waals surface area (Å²) in [5.41, 5.74) is 0. The fourth-order valence-corrected chi connectivity index (χ4v) is 2.30. The zero-order valence-electron chi connectivity index (χ0n) is 8.12. The van der Waals surface area contributed by atoms with Crippen LogP contribution in [-0.2, 0) is 4.74 Å². The molecule has 2 fully saturated rings. The lowest BCUT2D eigenvalue weighted by Crippen LogP contribution is -2.37. The van der Waals surface area contributed by atoms with E-state index < -0.39 is 0 Å². The van der Waals surface area contributed by atoms with Gasteiger partial charge in [0.05, 0.1) is 12.7 Å². The molecule has 12 heavy (non-hydrogen) atoms. The highest BCUT2D eigenvalue weighted by molar-refractivity contribution is 4.88. The van der Waals surface area contributed by atoms with Crippen LogP contribution in [0.3, 0.4) is 0 Å². The molecule has 2 aliphatic rings. The van der Waals surface area contributed by atoms with Crippen LogP contribution in [0.25, 0.3) is 0 Å². The average Bonchev–Trinajstić information content (AvgIpc) is 2.80. The summed E-state index contributed by atoms with van der Waals surface area (Å²) in [6.07, 6.45) is 4.65. The smallest absolute Gasteiger partial charge is 0.0936 e. The minimum absolute atomic E-state index is 0.569. The summed E-state index contributed by atoms with van der Waals surface area (Å²) in [6, 6.07) is 1.63. The topological polar surface area (TPSA) is 15.8 Å². The lowest BCUT2D eigenvalue weighted by Gasteiger charge is -2.26. The Morgan fingerprint density at radius 1 is 1.42 bits per heavy atom. The summed E-state index contributed by atoms with van der Waals surface area (Å²) < 4.78 is 5.27. The summed E-state index contributed by atoms with van der Waals surface area (Å²) in [5.74, 6) is 0. The van der Waals surface area contributed by atoms with E-state index in [0.29, 0.717) is 6.10 Å². The molecule has 70 valence electrons. The van der Waals surface area contributed by atoms with Crippen LogP contribution in [0, 0.1) is 0 Å². The highest BCUT2D eigenvalue weighted by Gasteiger charge is 2.34. The lowest BCUT2D eigenvalue weighted by molar-refractivity contribution is 0.179. The van der Waals surface area contributed by atoms with E-state index in [0.717, 1.165) is 18.7 Å². The van der Waals surface area contributed by atoms with Gasteiger partial charge in [-0.05, 0) is 26.2 Å². The molecule has 2 heteroatoms. The van der Waals surface area contributed by atoms with Gasteiger partial charge in [0.1, 0.15) is 0 Å². The first-order valence-corrected chi connectivity index (χ1v) is 5.18. The molecule has 0 amide bonds. The van der Waals surface area contributed by atoms with Gasteiger partial charge in [0.2, 0.25) is 0 Å².